The number of ether oxygens (including phenoxy) is 1. The van der Waals surface area contributed by atoms with Crippen molar-refractivity contribution in [2.45, 2.75) is 6.92 Å². The molecule has 6 heavy (non-hydrogen) atoms. The first-order valence-corrected chi connectivity index (χ1v) is 3.16. The lowest BCUT2D eigenvalue weighted by molar-refractivity contribution is 0.249. The molecule has 0 aromatic rings. The molecule has 0 rings (SSSR count). The van der Waals surface area contributed by atoms with Crippen LogP contribution in [0.15, 0.2) is 0 Å². The van der Waals surface area contributed by atoms with Crippen LogP contribution in [-0.4, -0.2) is 12.9 Å². The molecule has 0 bridgehead atoms. The van der Waals surface area contributed by atoms with Crippen molar-refractivity contribution in [3.8, 4) is 0 Å². The standard InChI is InChI=1S/C4H9OS/c1-3-5-4-6-2/h4H,3H2,1-2H3. The van der Waals surface area contributed by atoms with Crippen molar-refractivity contribution < 1.29 is 4.74 Å². The van der Waals surface area contributed by atoms with Gasteiger partial charge in [0, 0.05) is 6.61 Å². The maximum Gasteiger partial charge on any atom is 0.138 e. The average molecular weight is 105 g/mol. The first kappa shape index (κ1) is 6.31. The van der Waals surface area contributed by atoms with Crippen LogP contribution in [0.4, 0.5) is 0 Å². The van der Waals surface area contributed by atoms with E-state index >= 15 is 0 Å². The van der Waals surface area contributed by atoms with Crippen LogP contribution in [-0.2, 0) is 4.74 Å². The molecule has 0 atom stereocenters. The molecule has 0 N–H and O–H groups in total. The van der Waals surface area contributed by atoms with E-state index in [0.29, 0.717) is 0 Å². The third-order valence-corrected chi connectivity index (χ3v) is 0.659. The van der Waals surface area contributed by atoms with Crippen LogP contribution in [0.1, 0.15) is 6.92 Å². The van der Waals surface area contributed by atoms with E-state index in [1.165, 1.54) is 0 Å². The fourth-order valence-electron chi connectivity index (χ4n) is 0.136. The van der Waals surface area contributed by atoms with Gasteiger partial charge in [0.1, 0.15) is 5.94 Å². The number of hydrogen-bond acceptors (Lipinski definition) is 2. The SMILES string of the molecule is CCO[CH]SC. The summed E-state index contributed by atoms with van der Waals surface area (Å²) in [6, 6.07) is 0. The largest absolute Gasteiger partial charge is 0.364 e. The molecule has 0 aromatic carbocycles. The van der Waals surface area contributed by atoms with Gasteiger partial charge >= 0.3 is 0 Å². The Labute approximate surface area is 43.1 Å². The number of hydrogen-bond donors (Lipinski definition) is 0. The van der Waals surface area contributed by atoms with Crippen LogP contribution in [0.3, 0.4) is 0 Å². The highest BCUT2D eigenvalue weighted by Crippen LogP contribution is 1.96. The van der Waals surface area contributed by atoms with Gasteiger partial charge in [-0.3, -0.25) is 0 Å². The summed E-state index contributed by atoms with van der Waals surface area (Å²) in [6.45, 7) is 2.74. The number of rotatable bonds is 3. The molecule has 0 aliphatic rings. The molecule has 0 unspecified atom stereocenters. The third kappa shape index (κ3) is 4.31. The van der Waals surface area contributed by atoms with Gasteiger partial charge in [-0.05, 0) is 13.2 Å². The Bertz CT molecular complexity index is 19.5. The molecule has 1 radical (unpaired) electrons. The Morgan fingerprint density at radius 2 is 2.50 bits per heavy atom. The number of thioether (sulfide) groups is 1. The molecule has 2 heteroatoms. The molecule has 0 aliphatic heterocycles. The predicted molar refractivity (Wildman–Crippen MR) is 29.4 cm³/mol. The molecule has 0 spiro atoms. The highest BCUT2D eigenvalue weighted by Gasteiger charge is 1.74. The van der Waals surface area contributed by atoms with Gasteiger partial charge in [0.05, 0.1) is 0 Å². The van der Waals surface area contributed by atoms with Crippen LogP contribution >= 0.6 is 11.8 Å². The smallest absolute Gasteiger partial charge is 0.138 e. The lowest BCUT2D eigenvalue weighted by Crippen LogP contribution is -1.78. The highest BCUT2D eigenvalue weighted by molar-refractivity contribution is 8.00. The Kier molecular flexibility index (Phi) is 5.58. The van der Waals surface area contributed by atoms with Crippen LogP contribution in [0.2, 0.25) is 0 Å². The van der Waals surface area contributed by atoms with Gasteiger partial charge in [0.25, 0.3) is 0 Å². The van der Waals surface area contributed by atoms with Crippen LogP contribution in [0, 0.1) is 5.94 Å². The molecule has 0 aliphatic carbocycles. The molecule has 0 saturated heterocycles. The molecule has 0 saturated carbocycles. The van der Waals surface area contributed by atoms with Crippen molar-refractivity contribution >= 4 is 11.8 Å². The highest BCUT2D eigenvalue weighted by atomic mass is 32.2. The maximum atomic E-state index is 4.82. The van der Waals surface area contributed by atoms with Gasteiger partial charge < -0.3 is 4.74 Å². The molecule has 1 nitrogen and oxygen atoms in total. The molecular weight excluding hydrogens is 96.1 g/mol. The molecular formula is C4H9OS. The summed E-state index contributed by atoms with van der Waals surface area (Å²) >= 11 is 1.58. The second-order valence-electron chi connectivity index (χ2n) is 0.787. The first-order chi connectivity index (χ1) is 2.91. The lowest BCUT2D eigenvalue weighted by Gasteiger charge is -1.89. The van der Waals surface area contributed by atoms with Crippen molar-refractivity contribution in [1.82, 2.24) is 0 Å². The van der Waals surface area contributed by atoms with Crippen molar-refractivity contribution in [3.05, 3.63) is 5.94 Å². The van der Waals surface area contributed by atoms with E-state index in [0.717, 1.165) is 6.61 Å². The first-order valence-electron chi connectivity index (χ1n) is 1.88. The average Bonchev–Trinajstić information content (AvgIpc) is 1.61. The van der Waals surface area contributed by atoms with E-state index in [1.807, 2.05) is 13.2 Å². The second kappa shape index (κ2) is 5.31. The summed E-state index contributed by atoms with van der Waals surface area (Å²) in [4.78, 5) is 0. The summed E-state index contributed by atoms with van der Waals surface area (Å²) in [5, 5.41) is 0. The van der Waals surface area contributed by atoms with E-state index in [1.54, 1.807) is 17.7 Å². The molecule has 0 fully saturated rings. The minimum Gasteiger partial charge on any atom is -0.364 e. The molecule has 0 heterocycles. The third-order valence-electron chi connectivity index (χ3n) is 0.331. The summed E-state index contributed by atoms with van der Waals surface area (Å²) in [6.07, 6.45) is 1.97. The van der Waals surface area contributed by atoms with Crippen molar-refractivity contribution in [3.63, 3.8) is 0 Å². The molecule has 0 aromatic heterocycles. The summed E-state index contributed by atoms with van der Waals surface area (Å²) in [5.41, 5.74) is 0. The van der Waals surface area contributed by atoms with E-state index in [9.17, 15) is 0 Å². The molecule has 37 valence electrons. The van der Waals surface area contributed by atoms with Gasteiger partial charge in [-0.1, -0.05) is 0 Å². The molecule has 0 amide bonds. The van der Waals surface area contributed by atoms with Crippen molar-refractivity contribution in [2.75, 3.05) is 12.9 Å². The van der Waals surface area contributed by atoms with E-state index in [4.69, 9.17) is 4.74 Å². The Morgan fingerprint density at radius 3 is 2.67 bits per heavy atom. The minimum atomic E-state index is 0.779. The Hall–Kier alpha value is 0.310. The monoisotopic (exact) mass is 105 g/mol. The van der Waals surface area contributed by atoms with Gasteiger partial charge in [-0.2, -0.15) is 0 Å². The summed E-state index contributed by atoms with van der Waals surface area (Å²) < 4.78 is 4.82. The zero-order chi connectivity index (χ0) is 4.83. The van der Waals surface area contributed by atoms with Gasteiger partial charge in [0.15, 0.2) is 0 Å². The van der Waals surface area contributed by atoms with E-state index < -0.39 is 0 Å². The Morgan fingerprint density at radius 1 is 1.83 bits per heavy atom. The van der Waals surface area contributed by atoms with Crippen LogP contribution < -0.4 is 0 Å². The summed E-state index contributed by atoms with van der Waals surface area (Å²) in [7, 11) is 0. The lowest BCUT2D eigenvalue weighted by atomic mass is 10.9. The fraction of sp³-hybridized carbons (Fsp3) is 0.750. The van der Waals surface area contributed by atoms with Gasteiger partial charge in [0.2, 0.25) is 0 Å². The van der Waals surface area contributed by atoms with Crippen LogP contribution in [0.25, 0.3) is 0 Å². The van der Waals surface area contributed by atoms with Crippen molar-refractivity contribution in [1.29, 1.82) is 0 Å². The minimum absolute atomic E-state index is 0.779. The fourth-order valence-corrected chi connectivity index (χ4v) is 0.408. The van der Waals surface area contributed by atoms with Crippen molar-refractivity contribution in [2.24, 2.45) is 0 Å². The van der Waals surface area contributed by atoms with Gasteiger partial charge in [-0.15, -0.1) is 11.8 Å². The topological polar surface area (TPSA) is 9.23 Å². The van der Waals surface area contributed by atoms with E-state index in [2.05, 4.69) is 0 Å². The Balaban J connectivity index is 2.34. The van der Waals surface area contributed by atoms with E-state index in [-0.39, 0.29) is 0 Å². The van der Waals surface area contributed by atoms with Gasteiger partial charge in [-0.25, -0.2) is 0 Å². The predicted octanol–water partition coefficient (Wildman–Crippen LogP) is 1.51. The zero-order valence-electron chi connectivity index (χ0n) is 4.10. The second-order valence-corrected chi connectivity index (χ2v) is 1.45. The zero-order valence-corrected chi connectivity index (χ0v) is 4.92. The maximum absolute atomic E-state index is 4.82. The quantitative estimate of drug-likeness (QED) is 0.503. The normalized spacial score (nSPS) is 9.00. The van der Waals surface area contributed by atoms with Crippen LogP contribution in [0.5, 0.6) is 0 Å². The summed E-state index contributed by atoms with van der Waals surface area (Å²) in [5.74, 6) is 1.72.